The van der Waals surface area contributed by atoms with Crippen molar-refractivity contribution in [3.63, 3.8) is 0 Å². The van der Waals surface area contributed by atoms with Crippen LogP contribution in [0.2, 0.25) is 0 Å². The highest BCUT2D eigenvalue weighted by Crippen LogP contribution is 2.23. The second-order valence-electron chi connectivity index (χ2n) is 3.30. The summed E-state index contributed by atoms with van der Waals surface area (Å²) >= 11 is 5.30. The Morgan fingerprint density at radius 1 is 1.13 bits per heavy atom. The van der Waals surface area contributed by atoms with Crippen molar-refractivity contribution < 1.29 is 9.21 Å². The fraction of sp³-hybridized carbons (Fsp3) is 0.0833. The largest absolute Gasteiger partial charge is 0.452 e. The number of hydrogen-bond acceptors (Lipinski definition) is 2. The molecule has 0 bridgehead atoms. The Kier molecular flexibility index (Phi) is 2.60. The number of hydrogen-bond donors (Lipinski definition) is 0. The molecule has 1 heterocycles. The number of carbonyl (C=O) groups is 1. The number of benzene rings is 1. The lowest BCUT2D eigenvalue weighted by Gasteiger charge is -1.96. The van der Waals surface area contributed by atoms with Crippen molar-refractivity contribution in [3.05, 3.63) is 47.7 Å². The Balaban J connectivity index is 2.37. The third kappa shape index (κ3) is 2.10. The van der Waals surface area contributed by atoms with Crippen molar-refractivity contribution in [2.24, 2.45) is 0 Å². The molecule has 1 aromatic carbocycles. The van der Waals surface area contributed by atoms with Crippen molar-refractivity contribution in [2.45, 2.75) is 6.92 Å². The van der Waals surface area contributed by atoms with Gasteiger partial charge < -0.3 is 4.42 Å². The fourth-order valence-electron chi connectivity index (χ4n) is 1.32. The van der Waals surface area contributed by atoms with E-state index in [9.17, 15) is 4.79 Å². The van der Waals surface area contributed by atoms with Crippen LogP contribution in [0.3, 0.4) is 0 Å². The number of furan rings is 1. The summed E-state index contributed by atoms with van der Waals surface area (Å²) in [4.78, 5) is 10.8. The average molecular weight is 221 g/mol. The van der Waals surface area contributed by atoms with Gasteiger partial charge in [-0.25, -0.2) is 0 Å². The SMILES string of the molecule is Cc1ccc(-c2ccc(C(=O)Cl)o2)cc1. The van der Waals surface area contributed by atoms with Crippen LogP contribution in [-0.2, 0) is 0 Å². The van der Waals surface area contributed by atoms with E-state index in [2.05, 4.69) is 0 Å². The van der Waals surface area contributed by atoms with Crippen LogP contribution < -0.4 is 0 Å². The third-order valence-corrected chi connectivity index (χ3v) is 2.32. The van der Waals surface area contributed by atoms with Gasteiger partial charge in [-0.1, -0.05) is 29.8 Å². The summed E-state index contributed by atoms with van der Waals surface area (Å²) < 4.78 is 5.29. The van der Waals surface area contributed by atoms with Crippen molar-refractivity contribution in [1.82, 2.24) is 0 Å². The van der Waals surface area contributed by atoms with Crippen LogP contribution in [0.5, 0.6) is 0 Å². The Morgan fingerprint density at radius 2 is 1.80 bits per heavy atom. The average Bonchev–Trinajstić information content (AvgIpc) is 2.68. The molecule has 0 spiro atoms. The van der Waals surface area contributed by atoms with E-state index in [1.807, 2.05) is 31.2 Å². The van der Waals surface area contributed by atoms with Gasteiger partial charge in [-0.2, -0.15) is 0 Å². The summed E-state index contributed by atoms with van der Waals surface area (Å²) in [7, 11) is 0. The van der Waals surface area contributed by atoms with Gasteiger partial charge in [0.05, 0.1) is 0 Å². The summed E-state index contributed by atoms with van der Waals surface area (Å²) in [6, 6.07) is 11.2. The predicted octanol–water partition coefficient (Wildman–Crippen LogP) is 3.63. The van der Waals surface area contributed by atoms with Gasteiger partial charge in [-0.05, 0) is 30.7 Å². The maximum Gasteiger partial charge on any atom is 0.287 e. The van der Waals surface area contributed by atoms with Gasteiger partial charge in [0.1, 0.15) is 5.76 Å². The number of rotatable bonds is 2. The van der Waals surface area contributed by atoms with Gasteiger partial charge in [0.15, 0.2) is 5.76 Å². The first-order chi connectivity index (χ1) is 7.16. The summed E-state index contributed by atoms with van der Waals surface area (Å²) in [5.74, 6) is 0.825. The summed E-state index contributed by atoms with van der Waals surface area (Å²) in [5, 5.41) is -0.576. The van der Waals surface area contributed by atoms with Crippen molar-refractivity contribution in [2.75, 3.05) is 0 Å². The quantitative estimate of drug-likeness (QED) is 0.724. The molecule has 2 aromatic rings. The predicted molar refractivity (Wildman–Crippen MR) is 59.1 cm³/mol. The van der Waals surface area contributed by atoms with E-state index in [1.54, 1.807) is 12.1 Å². The van der Waals surface area contributed by atoms with Crippen molar-refractivity contribution in [1.29, 1.82) is 0 Å². The van der Waals surface area contributed by atoms with Gasteiger partial charge in [0, 0.05) is 5.56 Å². The maximum absolute atomic E-state index is 10.8. The van der Waals surface area contributed by atoms with Gasteiger partial charge in [0.25, 0.3) is 5.24 Å². The van der Waals surface area contributed by atoms with Crippen LogP contribution in [0.25, 0.3) is 11.3 Å². The Hall–Kier alpha value is -1.54. The molecular formula is C12H9ClO2. The van der Waals surface area contributed by atoms with Gasteiger partial charge in [0.2, 0.25) is 0 Å². The second kappa shape index (κ2) is 3.91. The van der Waals surface area contributed by atoms with Gasteiger partial charge >= 0.3 is 0 Å². The molecule has 2 rings (SSSR count). The summed E-state index contributed by atoms with van der Waals surface area (Å²) in [6.45, 7) is 2.01. The third-order valence-electron chi connectivity index (χ3n) is 2.14. The van der Waals surface area contributed by atoms with E-state index in [0.29, 0.717) is 5.76 Å². The molecule has 0 N–H and O–H groups in total. The van der Waals surface area contributed by atoms with Crippen LogP contribution in [0.15, 0.2) is 40.8 Å². The molecule has 1 aromatic heterocycles. The molecule has 0 amide bonds. The van der Waals surface area contributed by atoms with E-state index in [4.69, 9.17) is 16.0 Å². The van der Waals surface area contributed by atoms with E-state index >= 15 is 0 Å². The van der Waals surface area contributed by atoms with Gasteiger partial charge in [-0.15, -0.1) is 0 Å². The first kappa shape index (κ1) is 9.99. The van der Waals surface area contributed by atoms with E-state index in [1.165, 1.54) is 5.56 Å². The normalized spacial score (nSPS) is 10.3. The lowest BCUT2D eigenvalue weighted by atomic mass is 10.1. The van der Waals surface area contributed by atoms with E-state index in [-0.39, 0.29) is 5.76 Å². The highest BCUT2D eigenvalue weighted by atomic mass is 35.5. The summed E-state index contributed by atoms with van der Waals surface area (Å²) in [6.07, 6.45) is 0. The molecule has 0 atom stereocenters. The number of halogens is 1. The topological polar surface area (TPSA) is 30.2 Å². The molecular weight excluding hydrogens is 212 g/mol. The van der Waals surface area contributed by atoms with Crippen molar-refractivity contribution in [3.8, 4) is 11.3 Å². The monoisotopic (exact) mass is 220 g/mol. The summed E-state index contributed by atoms with van der Waals surface area (Å²) in [5.41, 5.74) is 2.11. The first-order valence-electron chi connectivity index (χ1n) is 4.53. The zero-order valence-corrected chi connectivity index (χ0v) is 8.91. The number of aryl methyl sites for hydroxylation is 1. The molecule has 76 valence electrons. The molecule has 0 saturated heterocycles. The Bertz CT molecular complexity index is 483. The molecule has 0 unspecified atom stereocenters. The molecule has 0 fully saturated rings. The van der Waals surface area contributed by atoms with E-state index < -0.39 is 5.24 Å². The maximum atomic E-state index is 10.8. The second-order valence-corrected chi connectivity index (χ2v) is 3.65. The molecule has 0 aliphatic rings. The molecule has 2 nitrogen and oxygen atoms in total. The van der Waals surface area contributed by atoms with Crippen LogP contribution in [-0.4, -0.2) is 5.24 Å². The standard InChI is InChI=1S/C12H9ClO2/c1-8-2-4-9(5-3-8)10-6-7-11(15-10)12(13)14/h2-7H,1H3. The van der Waals surface area contributed by atoms with Crippen LogP contribution in [0.1, 0.15) is 16.1 Å². The van der Waals surface area contributed by atoms with Crippen LogP contribution in [0, 0.1) is 6.92 Å². The zero-order valence-electron chi connectivity index (χ0n) is 8.16. The molecule has 15 heavy (non-hydrogen) atoms. The minimum Gasteiger partial charge on any atom is -0.452 e. The van der Waals surface area contributed by atoms with Gasteiger partial charge in [-0.3, -0.25) is 4.79 Å². The fourth-order valence-corrected chi connectivity index (χ4v) is 1.42. The molecule has 0 aliphatic heterocycles. The highest BCUT2D eigenvalue weighted by molar-refractivity contribution is 6.67. The minimum absolute atomic E-state index is 0.173. The highest BCUT2D eigenvalue weighted by Gasteiger charge is 2.08. The lowest BCUT2D eigenvalue weighted by molar-refractivity contribution is 0.105. The van der Waals surface area contributed by atoms with Crippen LogP contribution >= 0.6 is 11.6 Å². The molecule has 0 saturated carbocycles. The molecule has 3 heteroatoms. The molecule has 0 radical (unpaired) electrons. The van der Waals surface area contributed by atoms with Crippen LogP contribution in [0.4, 0.5) is 0 Å². The lowest BCUT2D eigenvalue weighted by Crippen LogP contribution is -1.81. The van der Waals surface area contributed by atoms with Crippen molar-refractivity contribution >= 4 is 16.8 Å². The first-order valence-corrected chi connectivity index (χ1v) is 4.91. The Morgan fingerprint density at radius 3 is 2.33 bits per heavy atom. The zero-order chi connectivity index (χ0) is 10.8. The van der Waals surface area contributed by atoms with E-state index in [0.717, 1.165) is 5.56 Å². The smallest absolute Gasteiger partial charge is 0.287 e. The number of carbonyl (C=O) groups excluding carboxylic acids is 1. The Labute approximate surface area is 92.5 Å². The molecule has 0 aliphatic carbocycles. The minimum atomic E-state index is -0.576.